The summed E-state index contributed by atoms with van der Waals surface area (Å²) in [7, 11) is 0. The van der Waals surface area contributed by atoms with E-state index in [4.69, 9.17) is 5.73 Å². The Morgan fingerprint density at radius 2 is 2.20 bits per heavy atom. The Morgan fingerprint density at radius 3 is 2.80 bits per heavy atom. The van der Waals surface area contributed by atoms with Crippen LogP contribution in [0, 0.1) is 11.7 Å². The summed E-state index contributed by atoms with van der Waals surface area (Å²) in [5.41, 5.74) is 5.27. The number of hydrogen-bond acceptors (Lipinski definition) is 3. The molecule has 1 unspecified atom stereocenters. The summed E-state index contributed by atoms with van der Waals surface area (Å²) in [6.45, 7) is 1.71. The van der Waals surface area contributed by atoms with Gasteiger partial charge < -0.3 is 16.4 Å². The van der Waals surface area contributed by atoms with Crippen LogP contribution >= 0.6 is 12.4 Å². The van der Waals surface area contributed by atoms with Crippen molar-refractivity contribution >= 4 is 29.9 Å². The van der Waals surface area contributed by atoms with Gasteiger partial charge in [-0.3, -0.25) is 9.59 Å². The Labute approximate surface area is 122 Å². The number of halogens is 2. The van der Waals surface area contributed by atoms with Gasteiger partial charge >= 0.3 is 0 Å². The number of anilines is 1. The first kappa shape index (κ1) is 16.4. The van der Waals surface area contributed by atoms with Gasteiger partial charge in [-0.2, -0.15) is 0 Å². The third-order valence-electron chi connectivity index (χ3n) is 3.16. The van der Waals surface area contributed by atoms with Crippen LogP contribution in [0.5, 0.6) is 0 Å². The molecule has 1 aliphatic heterocycles. The van der Waals surface area contributed by atoms with Gasteiger partial charge in [0.05, 0.1) is 5.69 Å². The van der Waals surface area contributed by atoms with Gasteiger partial charge in [0.1, 0.15) is 5.82 Å². The summed E-state index contributed by atoms with van der Waals surface area (Å²) >= 11 is 0. The SMILES string of the molecule is Cl.NC(=O)c1ccc(F)c(NC(=O)CC2CCNC2)c1. The second-order valence-corrected chi connectivity index (χ2v) is 4.67. The molecule has 20 heavy (non-hydrogen) atoms. The highest BCUT2D eigenvalue weighted by atomic mass is 35.5. The third kappa shape index (κ3) is 4.18. The average molecular weight is 302 g/mol. The fraction of sp³-hybridized carbons (Fsp3) is 0.385. The van der Waals surface area contributed by atoms with E-state index in [0.717, 1.165) is 25.6 Å². The van der Waals surface area contributed by atoms with E-state index in [1.54, 1.807) is 0 Å². The molecule has 2 rings (SSSR count). The lowest BCUT2D eigenvalue weighted by molar-refractivity contribution is -0.117. The molecule has 0 aliphatic carbocycles. The minimum Gasteiger partial charge on any atom is -0.366 e. The van der Waals surface area contributed by atoms with Crippen LogP contribution in [0.15, 0.2) is 18.2 Å². The molecular formula is C13H17ClFN3O2. The zero-order valence-electron chi connectivity index (χ0n) is 10.8. The zero-order chi connectivity index (χ0) is 13.8. The second-order valence-electron chi connectivity index (χ2n) is 4.67. The van der Waals surface area contributed by atoms with E-state index in [9.17, 15) is 14.0 Å². The summed E-state index contributed by atoms with van der Waals surface area (Å²) in [6.07, 6.45) is 1.28. The lowest BCUT2D eigenvalue weighted by atomic mass is 10.0. The summed E-state index contributed by atoms with van der Waals surface area (Å²) in [4.78, 5) is 22.8. The topological polar surface area (TPSA) is 84.2 Å². The quantitative estimate of drug-likeness (QED) is 0.783. The first-order valence-electron chi connectivity index (χ1n) is 6.16. The number of primary amides is 1. The highest BCUT2D eigenvalue weighted by Crippen LogP contribution is 2.18. The van der Waals surface area contributed by atoms with Crippen LogP contribution in [0.25, 0.3) is 0 Å². The maximum atomic E-state index is 13.5. The maximum Gasteiger partial charge on any atom is 0.248 e. The normalized spacial score (nSPS) is 17.4. The summed E-state index contributed by atoms with van der Waals surface area (Å²) in [5, 5.41) is 5.64. The Morgan fingerprint density at radius 1 is 1.45 bits per heavy atom. The van der Waals surface area contributed by atoms with Crippen molar-refractivity contribution < 1.29 is 14.0 Å². The molecule has 0 spiro atoms. The Bertz CT molecular complexity index is 504. The molecule has 1 fully saturated rings. The zero-order valence-corrected chi connectivity index (χ0v) is 11.6. The molecule has 1 heterocycles. The van der Waals surface area contributed by atoms with E-state index in [1.165, 1.54) is 12.1 Å². The number of carbonyl (C=O) groups excluding carboxylic acids is 2. The molecule has 0 aromatic heterocycles. The molecule has 4 N–H and O–H groups in total. The van der Waals surface area contributed by atoms with Crippen LogP contribution in [0.1, 0.15) is 23.2 Å². The van der Waals surface area contributed by atoms with Crippen LogP contribution in [0.4, 0.5) is 10.1 Å². The van der Waals surface area contributed by atoms with E-state index < -0.39 is 11.7 Å². The van der Waals surface area contributed by atoms with E-state index in [0.29, 0.717) is 6.42 Å². The van der Waals surface area contributed by atoms with E-state index in [-0.39, 0.29) is 35.5 Å². The predicted molar refractivity (Wildman–Crippen MR) is 76.4 cm³/mol. The molecular weight excluding hydrogens is 285 g/mol. The highest BCUT2D eigenvalue weighted by molar-refractivity contribution is 5.96. The fourth-order valence-corrected chi connectivity index (χ4v) is 2.13. The molecule has 0 bridgehead atoms. The smallest absolute Gasteiger partial charge is 0.248 e. The predicted octanol–water partition coefficient (Wildman–Crippen LogP) is 1.28. The molecule has 1 aromatic carbocycles. The largest absolute Gasteiger partial charge is 0.366 e. The lowest BCUT2D eigenvalue weighted by Gasteiger charge is -2.10. The van der Waals surface area contributed by atoms with Gasteiger partial charge in [0.2, 0.25) is 11.8 Å². The first-order valence-corrected chi connectivity index (χ1v) is 6.16. The van der Waals surface area contributed by atoms with Crippen LogP contribution < -0.4 is 16.4 Å². The molecule has 0 saturated carbocycles. The monoisotopic (exact) mass is 301 g/mol. The summed E-state index contributed by atoms with van der Waals surface area (Å²) < 4.78 is 13.5. The molecule has 1 atom stereocenters. The van der Waals surface area contributed by atoms with Gasteiger partial charge in [-0.05, 0) is 43.6 Å². The minimum absolute atomic E-state index is 0. The van der Waals surface area contributed by atoms with E-state index >= 15 is 0 Å². The van der Waals surface area contributed by atoms with Gasteiger partial charge in [-0.25, -0.2) is 4.39 Å². The average Bonchev–Trinajstić information content (AvgIpc) is 2.84. The number of nitrogens with two attached hydrogens (primary N) is 1. The van der Waals surface area contributed by atoms with Crippen molar-refractivity contribution in [1.82, 2.24) is 5.32 Å². The number of hydrogen-bond donors (Lipinski definition) is 3. The molecule has 1 aliphatic rings. The molecule has 110 valence electrons. The van der Waals surface area contributed by atoms with Gasteiger partial charge in [-0.1, -0.05) is 0 Å². The fourth-order valence-electron chi connectivity index (χ4n) is 2.13. The molecule has 5 nitrogen and oxygen atoms in total. The molecule has 1 aromatic rings. The van der Waals surface area contributed by atoms with E-state index in [2.05, 4.69) is 10.6 Å². The molecule has 2 amide bonds. The van der Waals surface area contributed by atoms with Crippen LogP contribution in [0.3, 0.4) is 0 Å². The molecule has 7 heteroatoms. The Balaban J connectivity index is 0.00000200. The standard InChI is InChI=1S/C13H16FN3O2.ClH/c14-10-2-1-9(13(15)19)6-11(10)17-12(18)5-8-3-4-16-7-8;/h1-2,6,8,16H,3-5,7H2,(H2,15,19)(H,17,18);1H. The third-order valence-corrected chi connectivity index (χ3v) is 3.16. The molecule has 0 radical (unpaired) electrons. The number of amides is 2. The van der Waals surface area contributed by atoms with Crippen LogP contribution in [-0.2, 0) is 4.79 Å². The second kappa shape index (κ2) is 7.21. The number of benzene rings is 1. The minimum atomic E-state index is -0.657. The molecule has 1 saturated heterocycles. The van der Waals surface area contributed by atoms with Crippen molar-refractivity contribution in [3.8, 4) is 0 Å². The van der Waals surface area contributed by atoms with Gasteiger partial charge in [0.25, 0.3) is 0 Å². The van der Waals surface area contributed by atoms with Gasteiger partial charge in [0.15, 0.2) is 0 Å². The maximum absolute atomic E-state index is 13.5. The van der Waals surface area contributed by atoms with Crippen molar-refractivity contribution in [3.63, 3.8) is 0 Å². The summed E-state index contributed by atoms with van der Waals surface area (Å²) in [6, 6.07) is 3.66. The van der Waals surface area contributed by atoms with Crippen molar-refractivity contribution in [1.29, 1.82) is 0 Å². The van der Waals surface area contributed by atoms with E-state index in [1.807, 2.05) is 0 Å². The van der Waals surface area contributed by atoms with Crippen LogP contribution in [0.2, 0.25) is 0 Å². The van der Waals surface area contributed by atoms with Crippen LogP contribution in [-0.4, -0.2) is 24.9 Å². The van der Waals surface area contributed by atoms with Gasteiger partial charge in [-0.15, -0.1) is 12.4 Å². The Kier molecular flexibility index (Phi) is 5.91. The van der Waals surface area contributed by atoms with Crippen molar-refractivity contribution in [2.45, 2.75) is 12.8 Å². The van der Waals surface area contributed by atoms with Gasteiger partial charge in [0, 0.05) is 12.0 Å². The number of nitrogens with one attached hydrogen (secondary N) is 2. The van der Waals surface area contributed by atoms with Crippen molar-refractivity contribution in [3.05, 3.63) is 29.6 Å². The lowest BCUT2D eigenvalue weighted by Crippen LogP contribution is -2.19. The first-order chi connectivity index (χ1) is 9.06. The highest BCUT2D eigenvalue weighted by Gasteiger charge is 2.19. The van der Waals surface area contributed by atoms with Crippen molar-refractivity contribution in [2.24, 2.45) is 11.7 Å². The number of rotatable bonds is 4. The van der Waals surface area contributed by atoms with Crippen molar-refractivity contribution in [2.75, 3.05) is 18.4 Å². The number of carbonyl (C=O) groups is 2. The Hall–Kier alpha value is -1.66. The summed E-state index contributed by atoms with van der Waals surface area (Å²) in [5.74, 6) is -1.21.